The van der Waals surface area contributed by atoms with Gasteiger partial charge in [-0.25, -0.2) is 9.59 Å². The van der Waals surface area contributed by atoms with E-state index >= 15 is 0 Å². The number of piperidine rings is 1. The van der Waals surface area contributed by atoms with Crippen molar-refractivity contribution in [3.05, 3.63) is 34.8 Å². The number of amides is 2. The van der Waals surface area contributed by atoms with Gasteiger partial charge < -0.3 is 19.0 Å². The Labute approximate surface area is 156 Å². The van der Waals surface area contributed by atoms with Gasteiger partial charge in [0.2, 0.25) is 5.91 Å². The number of nitrogens with zero attached hydrogens (tertiary/aromatic N) is 3. The van der Waals surface area contributed by atoms with Crippen LogP contribution in [0.3, 0.4) is 0 Å². The number of rotatable bonds is 4. The van der Waals surface area contributed by atoms with Gasteiger partial charge in [0, 0.05) is 38.6 Å². The Hall–Kier alpha value is -2.77. The van der Waals surface area contributed by atoms with E-state index in [1.165, 1.54) is 4.57 Å². The number of aryl methyl sites for hydroxylation is 1. The number of carbonyl (C=O) groups excluding carboxylic acids is 2. The molecule has 2 amide bonds. The molecule has 27 heavy (non-hydrogen) atoms. The topological polar surface area (TPSA) is 85.0 Å². The first kappa shape index (κ1) is 17.6. The van der Waals surface area contributed by atoms with Gasteiger partial charge in [0.25, 0.3) is 0 Å². The van der Waals surface area contributed by atoms with Crippen LogP contribution in [0.25, 0.3) is 11.1 Å². The lowest BCUT2D eigenvalue weighted by Gasteiger charge is -2.39. The number of benzene rings is 1. The molecule has 4 rings (SSSR count). The molecule has 2 aliphatic rings. The smallest absolute Gasteiger partial charge is 0.419 e. The average molecular weight is 373 g/mol. The number of carbonyl (C=O) groups is 2. The van der Waals surface area contributed by atoms with Crippen molar-refractivity contribution >= 4 is 23.1 Å². The minimum atomic E-state index is -0.439. The third-order valence-corrected chi connectivity index (χ3v) is 5.38. The van der Waals surface area contributed by atoms with E-state index in [4.69, 9.17) is 9.15 Å². The van der Waals surface area contributed by atoms with Crippen LogP contribution in [0.5, 0.6) is 0 Å². The van der Waals surface area contributed by atoms with Gasteiger partial charge in [0.15, 0.2) is 5.58 Å². The quantitative estimate of drug-likeness (QED) is 0.816. The maximum absolute atomic E-state index is 12.6. The fourth-order valence-corrected chi connectivity index (χ4v) is 3.92. The zero-order valence-corrected chi connectivity index (χ0v) is 15.1. The molecular formula is C19H23N3O5. The van der Waals surface area contributed by atoms with E-state index in [-0.39, 0.29) is 24.5 Å². The second-order valence-electron chi connectivity index (χ2n) is 7.01. The highest BCUT2D eigenvalue weighted by molar-refractivity contribution is 5.77. The van der Waals surface area contributed by atoms with Crippen molar-refractivity contribution in [2.75, 3.05) is 26.2 Å². The number of fused-ring (bicyclic) bond motifs is 1. The molecule has 1 aromatic carbocycles. The number of likely N-dealkylation sites (tertiary alicyclic amines) is 1. The van der Waals surface area contributed by atoms with E-state index in [0.717, 1.165) is 25.8 Å². The molecular weight excluding hydrogens is 350 g/mol. The van der Waals surface area contributed by atoms with Crippen molar-refractivity contribution in [1.82, 2.24) is 14.4 Å². The molecule has 0 aliphatic carbocycles. The highest BCUT2D eigenvalue weighted by Crippen LogP contribution is 2.21. The van der Waals surface area contributed by atoms with Crippen LogP contribution in [-0.2, 0) is 16.1 Å². The summed E-state index contributed by atoms with van der Waals surface area (Å²) in [6.45, 7) is 2.76. The zero-order chi connectivity index (χ0) is 18.8. The summed E-state index contributed by atoms with van der Waals surface area (Å²) in [5, 5.41) is 0. The van der Waals surface area contributed by atoms with Crippen LogP contribution in [0.2, 0.25) is 0 Å². The first-order chi connectivity index (χ1) is 13.1. The van der Waals surface area contributed by atoms with Crippen LogP contribution in [0.1, 0.15) is 25.7 Å². The summed E-state index contributed by atoms with van der Waals surface area (Å²) >= 11 is 0. The molecule has 0 unspecified atom stereocenters. The minimum absolute atomic E-state index is 0.0202. The molecule has 1 aromatic heterocycles. The summed E-state index contributed by atoms with van der Waals surface area (Å²) in [6, 6.07) is 7.34. The highest BCUT2D eigenvalue weighted by Gasteiger charge is 2.31. The summed E-state index contributed by atoms with van der Waals surface area (Å²) in [4.78, 5) is 40.0. The van der Waals surface area contributed by atoms with E-state index in [9.17, 15) is 14.4 Å². The summed E-state index contributed by atoms with van der Waals surface area (Å²) < 4.78 is 11.8. The van der Waals surface area contributed by atoms with Crippen molar-refractivity contribution in [3.8, 4) is 0 Å². The molecule has 3 heterocycles. The second-order valence-corrected chi connectivity index (χ2v) is 7.01. The molecule has 144 valence electrons. The van der Waals surface area contributed by atoms with Gasteiger partial charge in [-0.15, -0.1) is 0 Å². The molecule has 2 aromatic rings. The average Bonchev–Trinajstić information content (AvgIpc) is 3.02. The maximum Gasteiger partial charge on any atom is 0.419 e. The summed E-state index contributed by atoms with van der Waals surface area (Å²) in [5.41, 5.74) is 1.24. The molecule has 0 radical (unpaired) electrons. The Morgan fingerprint density at radius 2 is 1.89 bits per heavy atom. The zero-order valence-electron chi connectivity index (χ0n) is 15.1. The number of hydrogen-bond donors (Lipinski definition) is 0. The largest absolute Gasteiger partial charge is 0.449 e. The summed E-state index contributed by atoms with van der Waals surface area (Å²) in [7, 11) is 0. The molecule has 0 N–H and O–H groups in total. The Balaban J connectivity index is 1.32. The van der Waals surface area contributed by atoms with E-state index in [1.807, 2.05) is 23.1 Å². The van der Waals surface area contributed by atoms with Crippen LogP contribution in [0.15, 0.2) is 33.5 Å². The van der Waals surface area contributed by atoms with E-state index in [2.05, 4.69) is 0 Å². The standard InChI is InChI=1S/C19H23N3O5/c23-17(8-12-22-15-4-1-2-5-16(15)27-19(22)25)20-10-6-14(7-11-20)21-9-3-13-26-18(21)24/h1-2,4-5,14H,3,6-13H2. The Kier molecular flexibility index (Phi) is 4.87. The predicted octanol–water partition coefficient (Wildman–Crippen LogP) is 1.82. The lowest BCUT2D eigenvalue weighted by molar-refractivity contribution is -0.133. The fraction of sp³-hybridized carbons (Fsp3) is 0.526. The van der Waals surface area contributed by atoms with E-state index in [0.29, 0.717) is 37.3 Å². The van der Waals surface area contributed by atoms with Gasteiger partial charge in [0.1, 0.15) is 0 Å². The van der Waals surface area contributed by atoms with Gasteiger partial charge in [-0.3, -0.25) is 9.36 Å². The Morgan fingerprint density at radius 1 is 1.11 bits per heavy atom. The summed E-state index contributed by atoms with van der Waals surface area (Å²) in [6.07, 6.45) is 2.39. The van der Waals surface area contributed by atoms with Crippen molar-refractivity contribution in [3.63, 3.8) is 0 Å². The van der Waals surface area contributed by atoms with Gasteiger partial charge in [-0.2, -0.15) is 0 Å². The Morgan fingerprint density at radius 3 is 2.67 bits per heavy atom. The molecule has 2 saturated heterocycles. The molecule has 0 saturated carbocycles. The predicted molar refractivity (Wildman–Crippen MR) is 97.4 cm³/mol. The number of oxazole rings is 1. The third kappa shape index (κ3) is 3.56. The van der Waals surface area contributed by atoms with Gasteiger partial charge >= 0.3 is 11.8 Å². The Bertz CT molecular complexity index is 894. The highest BCUT2D eigenvalue weighted by atomic mass is 16.6. The lowest BCUT2D eigenvalue weighted by atomic mass is 10.0. The van der Waals surface area contributed by atoms with Crippen molar-refractivity contribution < 1.29 is 18.7 Å². The molecule has 2 aliphatic heterocycles. The van der Waals surface area contributed by atoms with Crippen molar-refractivity contribution in [1.29, 1.82) is 0 Å². The van der Waals surface area contributed by atoms with Crippen LogP contribution in [0, 0.1) is 0 Å². The van der Waals surface area contributed by atoms with Crippen molar-refractivity contribution in [2.45, 2.75) is 38.3 Å². The summed E-state index contributed by atoms with van der Waals surface area (Å²) in [5.74, 6) is -0.418. The molecule has 8 nitrogen and oxygen atoms in total. The molecule has 0 atom stereocenters. The van der Waals surface area contributed by atoms with Crippen LogP contribution < -0.4 is 5.76 Å². The third-order valence-electron chi connectivity index (χ3n) is 5.38. The molecule has 0 spiro atoms. The number of aromatic nitrogens is 1. The number of cyclic esters (lactones) is 1. The van der Waals surface area contributed by atoms with E-state index in [1.54, 1.807) is 11.0 Å². The number of hydrogen-bond acceptors (Lipinski definition) is 5. The maximum atomic E-state index is 12.6. The van der Waals surface area contributed by atoms with Gasteiger partial charge in [-0.05, 0) is 31.4 Å². The molecule has 8 heteroatoms. The molecule has 2 fully saturated rings. The lowest BCUT2D eigenvalue weighted by Crippen LogP contribution is -2.51. The first-order valence-corrected chi connectivity index (χ1v) is 9.43. The normalized spacial score (nSPS) is 18.7. The van der Waals surface area contributed by atoms with Crippen LogP contribution in [-0.4, -0.2) is 58.7 Å². The monoisotopic (exact) mass is 373 g/mol. The van der Waals surface area contributed by atoms with Gasteiger partial charge in [0.05, 0.1) is 12.1 Å². The van der Waals surface area contributed by atoms with E-state index < -0.39 is 5.76 Å². The van der Waals surface area contributed by atoms with Crippen LogP contribution >= 0.6 is 0 Å². The SMILES string of the molecule is O=C(CCn1c(=O)oc2ccccc21)N1CCC(N2CCCOC2=O)CC1. The van der Waals surface area contributed by atoms with Crippen molar-refractivity contribution in [2.24, 2.45) is 0 Å². The fourth-order valence-electron chi connectivity index (χ4n) is 3.92. The second kappa shape index (κ2) is 7.46. The molecule has 0 bridgehead atoms. The number of para-hydroxylation sites is 2. The minimum Gasteiger partial charge on any atom is -0.449 e. The first-order valence-electron chi connectivity index (χ1n) is 9.43. The van der Waals surface area contributed by atoms with Gasteiger partial charge in [-0.1, -0.05) is 12.1 Å². The number of ether oxygens (including phenoxy) is 1. The van der Waals surface area contributed by atoms with Crippen LogP contribution in [0.4, 0.5) is 4.79 Å².